The number of nitrogens with zero attached hydrogens (tertiary/aromatic N) is 1. The molecule has 1 atom stereocenters. The summed E-state index contributed by atoms with van der Waals surface area (Å²) >= 11 is 1.33. The monoisotopic (exact) mass is 276 g/mol. The smallest absolute Gasteiger partial charge is 0.137 e. The third kappa shape index (κ3) is 3.33. The van der Waals surface area contributed by atoms with Crippen molar-refractivity contribution in [3.8, 4) is 0 Å². The molecule has 1 aromatic heterocycles. The molecule has 0 fully saturated rings. The number of aromatic nitrogens is 1. The lowest BCUT2D eigenvalue weighted by atomic mass is 10.1. The minimum Gasteiger partial charge on any atom is -0.324 e. The second-order valence-corrected chi connectivity index (χ2v) is 5.70. The van der Waals surface area contributed by atoms with Crippen LogP contribution in [0.4, 0.5) is 4.39 Å². The van der Waals surface area contributed by atoms with Gasteiger partial charge in [-0.1, -0.05) is 23.9 Å². The van der Waals surface area contributed by atoms with Gasteiger partial charge in [-0.15, -0.1) is 0 Å². The molecule has 2 aromatic rings. The van der Waals surface area contributed by atoms with Crippen molar-refractivity contribution in [3.05, 3.63) is 53.0 Å². The molecule has 0 bridgehead atoms. The van der Waals surface area contributed by atoms with Crippen LogP contribution in [-0.2, 0) is 0 Å². The van der Waals surface area contributed by atoms with Crippen LogP contribution in [0.2, 0.25) is 0 Å². The molecule has 2 N–H and O–H groups in total. The second kappa shape index (κ2) is 5.72. The molecule has 2 nitrogen and oxygen atoms in total. The Bertz CT molecular complexity index is 576. The van der Waals surface area contributed by atoms with Gasteiger partial charge in [-0.2, -0.15) is 0 Å². The summed E-state index contributed by atoms with van der Waals surface area (Å²) in [5.74, 6) is -0.249. The van der Waals surface area contributed by atoms with E-state index >= 15 is 0 Å². The van der Waals surface area contributed by atoms with Crippen LogP contribution >= 0.6 is 11.8 Å². The van der Waals surface area contributed by atoms with Crippen molar-refractivity contribution in [2.24, 2.45) is 5.73 Å². The molecule has 1 heterocycles. The van der Waals surface area contributed by atoms with Crippen molar-refractivity contribution in [2.75, 3.05) is 0 Å². The van der Waals surface area contributed by atoms with E-state index in [-0.39, 0.29) is 11.9 Å². The van der Waals surface area contributed by atoms with Crippen molar-refractivity contribution >= 4 is 11.8 Å². The number of hydrogen-bond donors (Lipinski definition) is 1. The van der Waals surface area contributed by atoms with Crippen molar-refractivity contribution in [1.29, 1.82) is 0 Å². The molecular weight excluding hydrogens is 259 g/mol. The van der Waals surface area contributed by atoms with Gasteiger partial charge in [0.2, 0.25) is 0 Å². The molecule has 4 heteroatoms. The van der Waals surface area contributed by atoms with E-state index in [0.717, 1.165) is 21.8 Å². The zero-order chi connectivity index (χ0) is 14.0. The van der Waals surface area contributed by atoms with E-state index in [2.05, 4.69) is 4.98 Å². The Morgan fingerprint density at radius 1 is 1.26 bits per heavy atom. The highest BCUT2D eigenvalue weighted by atomic mass is 32.2. The van der Waals surface area contributed by atoms with Crippen molar-refractivity contribution in [2.45, 2.75) is 36.7 Å². The second-order valence-electron chi connectivity index (χ2n) is 4.67. The first-order chi connectivity index (χ1) is 8.97. The molecular formula is C15H17FN2S. The molecule has 0 unspecified atom stereocenters. The summed E-state index contributed by atoms with van der Waals surface area (Å²) in [5.41, 5.74) is 8.76. The number of hydrogen-bond acceptors (Lipinski definition) is 3. The first-order valence-electron chi connectivity index (χ1n) is 6.14. The molecule has 0 aliphatic heterocycles. The van der Waals surface area contributed by atoms with Gasteiger partial charge in [0.05, 0.1) is 4.90 Å². The predicted molar refractivity (Wildman–Crippen MR) is 76.8 cm³/mol. The summed E-state index contributed by atoms with van der Waals surface area (Å²) < 4.78 is 14.0. The van der Waals surface area contributed by atoms with Crippen molar-refractivity contribution in [3.63, 3.8) is 0 Å². The summed E-state index contributed by atoms with van der Waals surface area (Å²) in [5, 5.41) is 0.796. The number of aryl methyl sites for hydroxylation is 2. The molecule has 0 aliphatic carbocycles. The Morgan fingerprint density at radius 2 is 2.00 bits per heavy atom. The highest BCUT2D eigenvalue weighted by Crippen LogP contribution is 2.34. The molecule has 100 valence electrons. The normalized spacial score (nSPS) is 12.5. The molecule has 0 aliphatic rings. The van der Waals surface area contributed by atoms with Crippen LogP contribution in [-0.4, -0.2) is 4.98 Å². The quantitative estimate of drug-likeness (QED) is 0.920. The van der Waals surface area contributed by atoms with Crippen LogP contribution < -0.4 is 5.73 Å². The number of pyridine rings is 1. The van der Waals surface area contributed by atoms with Gasteiger partial charge < -0.3 is 5.73 Å². The highest BCUT2D eigenvalue weighted by molar-refractivity contribution is 7.99. The van der Waals surface area contributed by atoms with Crippen LogP contribution in [0.1, 0.15) is 29.8 Å². The summed E-state index contributed by atoms with van der Waals surface area (Å²) in [6.07, 6.45) is 0. The summed E-state index contributed by atoms with van der Waals surface area (Å²) in [6.45, 7) is 5.80. The zero-order valence-electron chi connectivity index (χ0n) is 11.3. The summed E-state index contributed by atoms with van der Waals surface area (Å²) in [4.78, 5) is 4.99. The number of benzene rings is 1. The van der Waals surface area contributed by atoms with Crippen molar-refractivity contribution in [1.82, 2.24) is 4.98 Å². The molecule has 0 saturated heterocycles. The molecule has 0 saturated carbocycles. The average molecular weight is 276 g/mol. The van der Waals surface area contributed by atoms with Gasteiger partial charge >= 0.3 is 0 Å². The van der Waals surface area contributed by atoms with Gasteiger partial charge in [0, 0.05) is 11.7 Å². The largest absolute Gasteiger partial charge is 0.324 e. The van der Waals surface area contributed by atoms with E-state index in [9.17, 15) is 4.39 Å². The molecule has 19 heavy (non-hydrogen) atoms. The Kier molecular flexibility index (Phi) is 4.22. The molecule has 0 amide bonds. The van der Waals surface area contributed by atoms with Gasteiger partial charge in [-0.05, 0) is 50.1 Å². The summed E-state index contributed by atoms with van der Waals surface area (Å²) in [6, 6.07) is 8.75. The Morgan fingerprint density at radius 3 is 2.63 bits per heavy atom. The van der Waals surface area contributed by atoms with E-state index < -0.39 is 0 Å². The Hall–Kier alpha value is -1.39. The number of halogens is 1. The Labute approximate surface area is 117 Å². The van der Waals surface area contributed by atoms with Crippen LogP contribution in [0.5, 0.6) is 0 Å². The van der Waals surface area contributed by atoms with Crippen LogP contribution in [0.3, 0.4) is 0 Å². The fourth-order valence-electron chi connectivity index (χ4n) is 1.95. The van der Waals surface area contributed by atoms with Crippen LogP contribution in [0.15, 0.2) is 40.3 Å². The van der Waals surface area contributed by atoms with E-state index in [1.807, 2.05) is 39.0 Å². The minimum absolute atomic E-state index is 0.205. The molecule has 0 spiro atoms. The van der Waals surface area contributed by atoms with Gasteiger partial charge in [-0.3, -0.25) is 0 Å². The standard InChI is InChI=1S/C15H17FN2S/c1-9-7-10(2)18-14(8-9)19-15-12(11(3)17)5-4-6-13(15)16/h4-8,11H,17H2,1-3H3/t11-/m1/s1. The first kappa shape index (κ1) is 14.0. The van der Waals surface area contributed by atoms with E-state index in [1.54, 1.807) is 6.07 Å². The number of nitrogens with two attached hydrogens (primary N) is 1. The topological polar surface area (TPSA) is 38.9 Å². The predicted octanol–water partition coefficient (Wildman–Crippen LogP) is 4.01. The lowest BCUT2D eigenvalue weighted by Crippen LogP contribution is -2.07. The lowest BCUT2D eigenvalue weighted by molar-refractivity contribution is 0.591. The average Bonchev–Trinajstić information content (AvgIpc) is 2.30. The maximum absolute atomic E-state index is 14.0. The SMILES string of the molecule is Cc1cc(C)nc(Sc2c(F)cccc2[C@@H](C)N)c1. The number of rotatable bonds is 3. The zero-order valence-corrected chi connectivity index (χ0v) is 12.1. The first-order valence-corrected chi connectivity index (χ1v) is 6.96. The molecule has 1 aromatic carbocycles. The van der Waals surface area contributed by atoms with E-state index in [1.165, 1.54) is 17.8 Å². The maximum atomic E-state index is 14.0. The minimum atomic E-state index is -0.249. The van der Waals surface area contributed by atoms with Gasteiger partial charge in [-0.25, -0.2) is 9.37 Å². The van der Waals surface area contributed by atoms with E-state index in [4.69, 9.17) is 5.73 Å². The maximum Gasteiger partial charge on any atom is 0.137 e. The Balaban J connectivity index is 2.42. The third-order valence-corrected chi connectivity index (χ3v) is 3.82. The van der Waals surface area contributed by atoms with Crippen molar-refractivity contribution < 1.29 is 4.39 Å². The fraction of sp³-hybridized carbons (Fsp3) is 0.267. The summed E-state index contributed by atoms with van der Waals surface area (Å²) in [7, 11) is 0. The van der Waals surface area contributed by atoms with Crippen LogP contribution in [0.25, 0.3) is 0 Å². The molecule has 2 rings (SSSR count). The van der Waals surface area contributed by atoms with Gasteiger partial charge in [0.1, 0.15) is 10.8 Å². The fourth-order valence-corrected chi connectivity index (χ4v) is 3.13. The highest BCUT2D eigenvalue weighted by Gasteiger charge is 2.14. The van der Waals surface area contributed by atoms with Gasteiger partial charge in [0.25, 0.3) is 0 Å². The van der Waals surface area contributed by atoms with E-state index in [0.29, 0.717) is 4.90 Å². The van der Waals surface area contributed by atoms with Gasteiger partial charge in [0.15, 0.2) is 0 Å². The lowest BCUT2D eigenvalue weighted by Gasteiger charge is -2.13. The third-order valence-electron chi connectivity index (χ3n) is 2.77. The van der Waals surface area contributed by atoms with Crippen LogP contribution in [0, 0.1) is 19.7 Å². The molecule has 0 radical (unpaired) electrons.